The summed E-state index contributed by atoms with van der Waals surface area (Å²) in [6.45, 7) is 0.235. The maximum absolute atomic E-state index is 8.57. The molecule has 0 spiro atoms. The Morgan fingerprint density at radius 1 is 1.37 bits per heavy atom. The molecule has 0 atom stereocenters. The van der Waals surface area contributed by atoms with Gasteiger partial charge in [0.05, 0.1) is 0 Å². The normalized spacial score (nSPS) is 11.3. The van der Waals surface area contributed by atoms with Crippen LogP contribution in [0.5, 0.6) is 6.01 Å². The van der Waals surface area contributed by atoms with Crippen LogP contribution in [0.4, 0.5) is 0 Å². The van der Waals surface area contributed by atoms with E-state index in [0.29, 0.717) is 5.02 Å². The van der Waals surface area contributed by atoms with Gasteiger partial charge in [-0.2, -0.15) is 4.98 Å². The van der Waals surface area contributed by atoms with Gasteiger partial charge in [-0.15, -0.1) is 0 Å². The highest BCUT2D eigenvalue weighted by atomic mass is 35.5. The van der Waals surface area contributed by atoms with Crippen molar-refractivity contribution in [3.63, 3.8) is 0 Å². The van der Waals surface area contributed by atoms with E-state index in [1.54, 1.807) is 6.07 Å². The first-order valence-corrected chi connectivity index (χ1v) is 5.75. The molecule has 2 rings (SSSR count). The van der Waals surface area contributed by atoms with Crippen LogP contribution >= 0.6 is 11.6 Å². The molecule has 0 aliphatic carbocycles. The first kappa shape index (κ1) is 13.1. The average Bonchev–Trinajstić information content (AvgIpc) is 2.46. The molecular formula is C12H11ClN4O2. The van der Waals surface area contributed by atoms with Gasteiger partial charge in [-0.3, -0.25) is 0 Å². The first-order valence-electron chi connectivity index (χ1n) is 5.38. The van der Waals surface area contributed by atoms with Gasteiger partial charge in [0.15, 0.2) is 5.84 Å². The largest absolute Gasteiger partial charge is 0.459 e. The van der Waals surface area contributed by atoms with Crippen molar-refractivity contribution in [1.29, 1.82) is 0 Å². The number of ether oxygens (including phenoxy) is 1. The van der Waals surface area contributed by atoms with E-state index in [-0.39, 0.29) is 24.1 Å². The highest BCUT2D eigenvalue weighted by molar-refractivity contribution is 6.31. The van der Waals surface area contributed by atoms with Crippen LogP contribution in [-0.2, 0) is 6.61 Å². The fourth-order valence-electron chi connectivity index (χ4n) is 1.36. The van der Waals surface area contributed by atoms with Gasteiger partial charge in [0, 0.05) is 16.8 Å². The number of hydrogen-bond donors (Lipinski definition) is 2. The highest BCUT2D eigenvalue weighted by Crippen LogP contribution is 2.16. The summed E-state index contributed by atoms with van der Waals surface area (Å²) < 4.78 is 5.41. The molecule has 2 aromatic rings. The van der Waals surface area contributed by atoms with Crippen molar-refractivity contribution in [2.24, 2.45) is 10.9 Å². The van der Waals surface area contributed by atoms with Crippen molar-refractivity contribution in [2.75, 3.05) is 0 Å². The summed E-state index contributed by atoms with van der Waals surface area (Å²) in [4.78, 5) is 7.93. The number of amidine groups is 1. The molecule has 1 heterocycles. The number of nitrogens with two attached hydrogens (primary N) is 1. The number of rotatable bonds is 4. The van der Waals surface area contributed by atoms with E-state index in [4.69, 9.17) is 27.3 Å². The van der Waals surface area contributed by atoms with Crippen LogP contribution in [0.2, 0.25) is 5.02 Å². The molecule has 0 unspecified atom stereocenters. The molecule has 0 amide bonds. The maximum atomic E-state index is 8.57. The third-order valence-corrected chi connectivity index (χ3v) is 2.69. The van der Waals surface area contributed by atoms with E-state index in [2.05, 4.69) is 15.1 Å². The zero-order valence-electron chi connectivity index (χ0n) is 9.82. The Labute approximate surface area is 114 Å². The maximum Gasteiger partial charge on any atom is 0.317 e. The molecule has 7 heteroatoms. The average molecular weight is 279 g/mol. The van der Waals surface area contributed by atoms with E-state index in [1.807, 2.05) is 18.2 Å². The second-order valence-electron chi connectivity index (χ2n) is 3.59. The number of nitrogens with zero attached hydrogens (tertiary/aromatic N) is 3. The monoisotopic (exact) mass is 278 g/mol. The summed E-state index contributed by atoms with van der Waals surface area (Å²) in [5, 5.41) is 12.0. The molecule has 0 radical (unpaired) electrons. The standard InChI is InChI=1S/C12H11ClN4O2/c13-9-4-2-1-3-8(9)7-19-12-15-6-5-10(16-12)11(14)17-18/h1-6,18H,7H2,(H2,14,17). The minimum atomic E-state index is -0.106. The van der Waals surface area contributed by atoms with Gasteiger partial charge in [0.1, 0.15) is 12.3 Å². The Morgan fingerprint density at radius 2 is 2.16 bits per heavy atom. The Hall–Kier alpha value is -2.34. The second kappa shape index (κ2) is 6.01. The third kappa shape index (κ3) is 3.32. The van der Waals surface area contributed by atoms with Crippen LogP contribution in [-0.4, -0.2) is 21.0 Å². The first-order chi connectivity index (χ1) is 9.20. The Morgan fingerprint density at radius 3 is 2.89 bits per heavy atom. The Kier molecular flexibility index (Phi) is 4.15. The number of hydrogen-bond acceptors (Lipinski definition) is 5. The predicted molar refractivity (Wildman–Crippen MR) is 70.3 cm³/mol. The van der Waals surface area contributed by atoms with Gasteiger partial charge in [0.2, 0.25) is 0 Å². The fourth-order valence-corrected chi connectivity index (χ4v) is 1.55. The lowest BCUT2D eigenvalue weighted by Gasteiger charge is -2.06. The van der Waals surface area contributed by atoms with E-state index >= 15 is 0 Å². The third-order valence-electron chi connectivity index (χ3n) is 2.32. The van der Waals surface area contributed by atoms with Crippen molar-refractivity contribution in [3.05, 3.63) is 52.8 Å². The lowest BCUT2D eigenvalue weighted by molar-refractivity contribution is 0.280. The lowest BCUT2D eigenvalue weighted by Crippen LogP contribution is -2.15. The quantitative estimate of drug-likeness (QED) is 0.385. The van der Waals surface area contributed by atoms with Gasteiger partial charge < -0.3 is 15.7 Å². The molecule has 0 saturated heterocycles. The SMILES string of the molecule is N/C(=N/O)c1ccnc(OCc2ccccc2Cl)n1. The Balaban J connectivity index is 2.10. The molecule has 1 aromatic carbocycles. The van der Waals surface area contributed by atoms with Crippen molar-refractivity contribution in [1.82, 2.24) is 9.97 Å². The number of aromatic nitrogens is 2. The van der Waals surface area contributed by atoms with E-state index < -0.39 is 0 Å². The molecule has 3 N–H and O–H groups in total. The van der Waals surface area contributed by atoms with Crippen molar-refractivity contribution < 1.29 is 9.94 Å². The van der Waals surface area contributed by atoms with Crippen LogP contribution in [0.1, 0.15) is 11.3 Å². The second-order valence-corrected chi connectivity index (χ2v) is 4.00. The minimum absolute atomic E-state index is 0.106. The van der Waals surface area contributed by atoms with Gasteiger partial charge in [-0.05, 0) is 12.1 Å². The number of oxime groups is 1. The summed E-state index contributed by atoms with van der Waals surface area (Å²) in [7, 11) is 0. The van der Waals surface area contributed by atoms with Crippen LogP contribution in [0, 0.1) is 0 Å². The molecule has 0 saturated carbocycles. The van der Waals surface area contributed by atoms with Gasteiger partial charge in [0.25, 0.3) is 0 Å². The molecular weight excluding hydrogens is 268 g/mol. The number of benzene rings is 1. The van der Waals surface area contributed by atoms with Crippen LogP contribution in [0.25, 0.3) is 0 Å². The van der Waals surface area contributed by atoms with Gasteiger partial charge in [-0.1, -0.05) is 35.0 Å². The topological polar surface area (TPSA) is 93.6 Å². The minimum Gasteiger partial charge on any atom is -0.459 e. The zero-order chi connectivity index (χ0) is 13.7. The molecule has 0 aliphatic heterocycles. The number of halogens is 1. The van der Waals surface area contributed by atoms with Crippen molar-refractivity contribution in [3.8, 4) is 6.01 Å². The van der Waals surface area contributed by atoms with E-state index in [9.17, 15) is 0 Å². The van der Waals surface area contributed by atoms with Crippen molar-refractivity contribution in [2.45, 2.75) is 6.61 Å². The van der Waals surface area contributed by atoms with E-state index in [1.165, 1.54) is 12.3 Å². The molecule has 98 valence electrons. The summed E-state index contributed by atoms with van der Waals surface area (Å²) >= 11 is 6.00. The van der Waals surface area contributed by atoms with Crippen LogP contribution in [0.3, 0.4) is 0 Å². The van der Waals surface area contributed by atoms with Crippen LogP contribution in [0.15, 0.2) is 41.7 Å². The van der Waals surface area contributed by atoms with E-state index in [0.717, 1.165) is 5.56 Å². The molecule has 0 fully saturated rings. The zero-order valence-corrected chi connectivity index (χ0v) is 10.6. The summed E-state index contributed by atoms with van der Waals surface area (Å²) in [5.41, 5.74) is 6.53. The van der Waals surface area contributed by atoms with Gasteiger partial charge >= 0.3 is 6.01 Å². The Bertz CT molecular complexity index is 604. The van der Waals surface area contributed by atoms with Crippen LogP contribution < -0.4 is 10.5 Å². The fraction of sp³-hybridized carbons (Fsp3) is 0.0833. The summed E-state index contributed by atoms with van der Waals surface area (Å²) in [5.74, 6) is -0.106. The lowest BCUT2D eigenvalue weighted by atomic mass is 10.2. The predicted octanol–water partition coefficient (Wildman–Crippen LogP) is 1.80. The summed E-state index contributed by atoms with van der Waals surface area (Å²) in [6.07, 6.45) is 1.46. The molecule has 6 nitrogen and oxygen atoms in total. The molecule has 0 bridgehead atoms. The smallest absolute Gasteiger partial charge is 0.317 e. The van der Waals surface area contributed by atoms with Crippen molar-refractivity contribution >= 4 is 17.4 Å². The highest BCUT2D eigenvalue weighted by Gasteiger charge is 2.06. The molecule has 19 heavy (non-hydrogen) atoms. The summed E-state index contributed by atoms with van der Waals surface area (Å²) in [6, 6.07) is 8.95. The molecule has 1 aromatic heterocycles. The molecule has 0 aliphatic rings. The van der Waals surface area contributed by atoms with Gasteiger partial charge in [-0.25, -0.2) is 4.98 Å².